The van der Waals surface area contributed by atoms with E-state index in [1.807, 2.05) is 26.0 Å². The zero-order valence-electron chi connectivity index (χ0n) is 10.7. The Morgan fingerprint density at radius 1 is 1.35 bits per heavy atom. The van der Waals surface area contributed by atoms with Crippen molar-refractivity contribution >= 4 is 17.5 Å². The van der Waals surface area contributed by atoms with Gasteiger partial charge in [-0.05, 0) is 30.5 Å². The van der Waals surface area contributed by atoms with Crippen molar-refractivity contribution in [2.75, 3.05) is 20.0 Å². The molecule has 0 atom stereocenters. The van der Waals surface area contributed by atoms with E-state index in [9.17, 15) is 4.79 Å². The Balaban J connectivity index is 2.90. The maximum absolute atomic E-state index is 11.4. The number of hydrogen-bond acceptors (Lipinski definition) is 2. The molecule has 0 unspecified atom stereocenters. The second-order valence-electron chi connectivity index (χ2n) is 4.15. The van der Waals surface area contributed by atoms with Crippen LogP contribution >= 0.6 is 11.6 Å². The predicted molar refractivity (Wildman–Crippen MR) is 69.7 cm³/mol. The molecule has 94 valence electrons. The van der Waals surface area contributed by atoms with E-state index < -0.39 is 0 Å². The summed E-state index contributed by atoms with van der Waals surface area (Å²) >= 11 is 5.51. The van der Waals surface area contributed by atoms with E-state index in [1.54, 1.807) is 19.1 Å². The molecule has 0 saturated heterocycles. The number of methoxy groups -OCH3 is 1. The number of benzene rings is 1. The van der Waals surface area contributed by atoms with Gasteiger partial charge in [-0.25, -0.2) is 0 Å². The van der Waals surface area contributed by atoms with Crippen LogP contribution in [0.4, 0.5) is 0 Å². The van der Waals surface area contributed by atoms with Gasteiger partial charge in [-0.1, -0.05) is 12.1 Å². The lowest BCUT2D eigenvalue weighted by atomic mass is 10.1. The minimum Gasteiger partial charge on any atom is -0.496 e. The van der Waals surface area contributed by atoms with Crippen LogP contribution in [0.15, 0.2) is 12.1 Å². The van der Waals surface area contributed by atoms with E-state index in [2.05, 4.69) is 0 Å². The molecule has 0 aliphatic rings. The van der Waals surface area contributed by atoms with E-state index in [-0.39, 0.29) is 11.8 Å². The number of aryl methyl sites for hydroxylation is 2. The van der Waals surface area contributed by atoms with Crippen molar-refractivity contribution in [3.63, 3.8) is 0 Å². The summed E-state index contributed by atoms with van der Waals surface area (Å²) in [6.45, 7) is 4.56. The molecule has 0 aliphatic heterocycles. The maximum Gasteiger partial charge on any atom is 0.237 e. The van der Waals surface area contributed by atoms with Crippen molar-refractivity contribution in [1.29, 1.82) is 0 Å². The molecule has 0 N–H and O–H groups in total. The summed E-state index contributed by atoms with van der Waals surface area (Å²) in [5, 5.41) is 0. The highest BCUT2D eigenvalue weighted by atomic mass is 35.5. The molecular weight excluding hydrogens is 238 g/mol. The smallest absolute Gasteiger partial charge is 0.237 e. The van der Waals surface area contributed by atoms with Crippen LogP contribution < -0.4 is 4.74 Å². The zero-order chi connectivity index (χ0) is 13.0. The highest BCUT2D eigenvalue weighted by Crippen LogP contribution is 2.24. The third-order valence-corrected chi connectivity index (χ3v) is 2.91. The minimum atomic E-state index is -0.0715. The topological polar surface area (TPSA) is 29.5 Å². The lowest BCUT2D eigenvalue weighted by Gasteiger charge is -2.18. The Kier molecular flexibility index (Phi) is 4.82. The largest absolute Gasteiger partial charge is 0.496 e. The summed E-state index contributed by atoms with van der Waals surface area (Å²) in [6, 6.07) is 4.06. The van der Waals surface area contributed by atoms with Gasteiger partial charge < -0.3 is 9.64 Å². The van der Waals surface area contributed by atoms with Crippen LogP contribution in [0.2, 0.25) is 0 Å². The summed E-state index contributed by atoms with van der Waals surface area (Å²) in [5.41, 5.74) is 3.24. The normalized spacial score (nSPS) is 10.2. The Hall–Kier alpha value is -1.22. The SMILES string of the molecule is COc1c(C)cc(CN(C)C(=O)CCl)cc1C. The van der Waals surface area contributed by atoms with Gasteiger partial charge in [0.2, 0.25) is 5.91 Å². The second-order valence-corrected chi connectivity index (χ2v) is 4.41. The number of rotatable bonds is 4. The van der Waals surface area contributed by atoms with Crippen LogP contribution in [-0.4, -0.2) is 30.8 Å². The van der Waals surface area contributed by atoms with E-state index in [1.165, 1.54) is 0 Å². The Morgan fingerprint density at radius 3 is 2.29 bits per heavy atom. The van der Waals surface area contributed by atoms with Crippen LogP contribution in [0, 0.1) is 13.8 Å². The van der Waals surface area contributed by atoms with Crippen molar-refractivity contribution in [2.45, 2.75) is 20.4 Å². The first-order chi connectivity index (χ1) is 7.99. The zero-order valence-corrected chi connectivity index (χ0v) is 11.5. The molecular formula is C13H18ClNO2. The number of ether oxygens (including phenoxy) is 1. The van der Waals surface area contributed by atoms with Crippen molar-refractivity contribution in [2.24, 2.45) is 0 Å². The number of alkyl halides is 1. The summed E-state index contributed by atoms with van der Waals surface area (Å²) < 4.78 is 5.30. The van der Waals surface area contributed by atoms with Gasteiger partial charge >= 0.3 is 0 Å². The number of hydrogen-bond donors (Lipinski definition) is 0. The first-order valence-corrected chi connectivity index (χ1v) is 5.97. The Labute approximate surface area is 107 Å². The lowest BCUT2D eigenvalue weighted by Crippen LogP contribution is -2.27. The van der Waals surface area contributed by atoms with Gasteiger partial charge in [0.1, 0.15) is 11.6 Å². The van der Waals surface area contributed by atoms with Crippen molar-refractivity contribution < 1.29 is 9.53 Å². The number of amides is 1. The molecule has 3 nitrogen and oxygen atoms in total. The highest BCUT2D eigenvalue weighted by molar-refractivity contribution is 6.27. The third kappa shape index (κ3) is 3.37. The molecule has 1 aromatic carbocycles. The fourth-order valence-electron chi connectivity index (χ4n) is 1.92. The fraction of sp³-hybridized carbons (Fsp3) is 0.462. The van der Waals surface area contributed by atoms with Gasteiger partial charge in [0.25, 0.3) is 0 Å². The standard InChI is InChI=1S/C13H18ClNO2/c1-9-5-11(6-10(2)13(9)17-4)8-15(3)12(16)7-14/h5-6H,7-8H2,1-4H3. The van der Waals surface area contributed by atoms with Crippen LogP contribution in [0.5, 0.6) is 5.75 Å². The van der Waals surface area contributed by atoms with E-state index in [4.69, 9.17) is 16.3 Å². The maximum atomic E-state index is 11.4. The Morgan fingerprint density at radius 2 is 1.88 bits per heavy atom. The van der Waals surface area contributed by atoms with Crippen molar-refractivity contribution in [1.82, 2.24) is 4.90 Å². The van der Waals surface area contributed by atoms with Gasteiger partial charge in [0.05, 0.1) is 7.11 Å². The molecule has 0 spiro atoms. The minimum absolute atomic E-state index is 0.0185. The van der Waals surface area contributed by atoms with Crippen LogP contribution in [-0.2, 0) is 11.3 Å². The molecule has 0 heterocycles. The molecule has 0 radical (unpaired) electrons. The molecule has 0 aromatic heterocycles. The molecule has 0 saturated carbocycles. The molecule has 1 amide bonds. The number of carbonyl (C=O) groups is 1. The molecule has 1 aromatic rings. The predicted octanol–water partition coefficient (Wildman–Crippen LogP) is 2.51. The molecule has 0 fully saturated rings. The van der Waals surface area contributed by atoms with Gasteiger partial charge in [-0.2, -0.15) is 0 Å². The van der Waals surface area contributed by atoms with E-state index >= 15 is 0 Å². The average molecular weight is 256 g/mol. The van der Waals surface area contributed by atoms with Gasteiger partial charge in [-0.15, -0.1) is 11.6 Å². The average Bonchev–Trinajstić information content (AvgIpc) is 2.27. The van der Waals surface area contributed by atoms with Crippen molar-refractivity contribution in [3.8, 4) is 5.75 Å². The molecule has 1 rings (SSSR count). The van der Waals surface area contributed by atoms with Crippen LogP contribution in [0.1, 0.15) is 16.7 Å². The van der Waals surface area contributed by atoms with E-state index in [0.717, 1.165) is 22.4 Å². The lowest BCUT2D eigenvalue weighted by molar-refractivity contribution is -0.127. The van der Waals surface area contributed by atoms with Crippen molar-refractivity contribution in [3.05, 3.63) is 28.8 Å². The summed E-state index contributed by atoms with van der Waals surface area (Å²) in [5.74, 6) is 0.850. The fourth-order valence-corrected chi connectivity index (χ4v) is 2.12. The van der Waals surface area contributed by atoms with Gasteiger partial charge in [0, 0.05) is 13.6 Å². The molecule has 0 aliphatic carbocycles. The summed E-state index contributed by atoms with van der Waals surface area (Å²) in [7, 11) is 3.41. The molecule has 0 bridgehead atoms. The van der Waals surface area contributed by atoms with Gasteiger partial charge in [-0.3, -0.25) is 4.79 Å². The van der Waals surface area contributed by atoms with Crippen LogP contribution in [0.3, 0.4) is 0 Å². The van der Waals surface area contributed by atoms with E-state index in [0.29, 0.717) is 6.54 Å². The molecule has 17 heavy (non-hydrogen) atoms. The number of nitrogens with zero attached hydrogens (tertiary/aromatic N) is 1. The monoisotopic (exact) mass is 255 g/mol. The Bertz CT molecular complexity index is 395. The third-order valence-electron chi connectivity index (χ3n) is 2.68. The highest BCUT2D eigenvalue weighted by Gasteiger charge is 2.10. The quantitative estimate of drug-likeness (QED) is 0.774. The number of carbonyl (C=O) groups excluding carboxylic acids is 1. The van der Waals surface area contributed by atoms with Gasteiger partial charge in [0.15, 0.2) is 0 Å². The second kappa shape index (κ2) is 5.92. The number of halogens is 1. The molecule has 4 heteroatoms. The summed E-state index contributed by atoms with van der Waals surface area (Å²) in [6.07, 6.45) is 0. The summed E-state index contributed by atoms with van der Waals surface area (Å²) in [4.78, 5) is 13.0. The first kappa shape index (κ1) is 13.8. The van der Waals surface area contributed by atoms with Crippen LogP contribution in [0.25, 0.3) is 0 Å². The first-order valence-electron chi connectivity index (χ1n) is 5.43.